The lowest BCUT2D eigenvalue weighted by Gasteiger charge is -2.14. The number of ether oxygens (including phenoxy) is 3. The fourth-order valence-corrected chi connectivity index (χ4v) is 1.68. The monoisotopic (exact) mass is 225 g/mol. The predicted octanol–water partition coefficient (Wildman–Crippen LogP) is 0.677. The van der Waals surface area contributed by atoms with Crippen LogP contribution in [0.15, 0.2) is 12.1 Å². The summed E-state index contributed by atoms with van der Waals surface area (Å²) < 4.78 is 15.7. The molecule has 88 valence electrons. The Balaban J connectivity index is 2.38. The highest BCUT2D eigenvalue weighted by Gasteiger charge is 2.23. The van der Waals surface area contributed by atoms with Gasteiger partial charge in [-0.25, -0.2) is 0 Å². The van der Waals surface area contributed by atoms with Gasteiger partial charge in [0.15, 0.2) is 11.5 Å². The van der Waals surface area contributed by atoms with Gasteiger partial charge in [-0.05, 0) is 13.1 Å². The molecule has 0 bridgehead atoms. The lowest BCUT2D eigenvalue weighted by Crippen LogP contribution is -2.17. The molecular formula is C11H15NO4. The molecule has 5 nitrogen and oxygen atoms in total. The summed E-state index contributed by atoms with van der Waals surface area (Å²) in [6, 6.07) is 3.51. The van der Waals surface area contributed by atoms with E-state index in [0.717, 1.165) is 0 Å². The number of fused-ring (bicyclic) bond motifs is 1. The van der Waals surface area contributed by atoms with Gasteiger partial charge in [0.1, 0.15) is 5.75 Å². The van der Waals surface area contributed by atoms with Crippen LogP contribution in [0.25, 0.3) is 0 Å². The molecule has 1 unspecified atom stereocenters. The highest BCUT2D eigenvalue weighted by Crippen LogP contribution is 2.41. The zero-order valence-electron chi connectivity index (χ0n) is 9.32. The number of benzene rings is 1. The molecule has 0 amide bonds. The third-order valence-corrected chi connectivity index (χ3v) is 2.47. The molecule has 0 fully saturated rings. The van der Waals surface area contributed by atoms with E-state index in [4.69, 9.17) is 14.2 Å². The van der Waals surface area contributed by atoms with E-state index in [-0.39, 0.29) is 6.79 Å². The maximum atomic E-state index is 9.95. The molecule has 2 N–H and O–H groups in total. The summed E-state index contributed by atoms with van der Waals surface area (Å²) in [6.07, 6.45) is -0.643. The van der Waals surface area contributed by atoms with E-state index < -0.39 is 6.10 Å². The van der Waals surface area contributed by atoms with Gasteiger partial charge in [-0.15, -0.1) is 0 Å². The van der Waals surface area contributed by atoms with Crippen molar-refractivity contribution in [1.82, 2.24) is 5.32 Å². The first-order chi connectivity index (χ1) is 7.76. The van der Waals surface area contributed by atoms with Gasteiger partial charge in [0.2, 0.25) is 6.79 Å². The van der Waals surface area contributed by atoms with Crippen LogP contribution in [-0.4, -0.2) is 32.6 Å². The first kappa shape index (κ1) is 11.0. The standard InChI is InChI=1S/C11H15NO4/c1-12-5-9(13)8-3-7(14-2)4-10-11(8)16-6-15-10/h3-4,9,12-13H,5-6H2,1-2H3. The van der Waals surface area contributed by atoms with Crippen LogP contribution in [0.3, 0.4) is 0 Å². The van der Waals surface area contributed by atoms with Crippen molar-refractivity contribution in [3.63, 3.8) is 0 Å². The van der Waals surface area contributed by atoms with Crippen LogP contribution in [0.2, 0.25) is 0 Å². The number of hydrogen-bond acceptors (Lipinski definition) is 5. The topological polar surface area (TPSA) is 60.0 Å². The SMILES string of the molecule is CNCC(O)c1cc(OC)cc2c1OCO2. The van der Waals surface area contributed by atoms with Gasteiger partial charge in [0.25, 0.3) is 0 Å². The van der Waals surface area contributed by atoms with Gasteiger partial charge in [0, 0.05) is 18.2 Å². The number of methoxy groups -OCH3 is 1. The number of likely N-dealkylation sites (N-methyl/N-ethyl adjacent to an activating group) is 1. The highest BCUT2D eigenvalue weighted by molar-refractivity contribution is 5.54. The number of nitrogens with one attached hydrogen (secondary N) is 1. The zero-order chi connectivity index (χ0) is 11.5. The van der Waals surface area contributed by atoms with Crippen LogP contribution in [0, 0.1) is 0 Å². The van der Waals surface area contributed by atoms with Crippen LogP contribution in [0.5, 0.6) is 17.2 Å². The average molecular weight is 225 g/mol. The van der Waals surface area contributed by atoms with E-state index >= 15 is 0 Å². The predicted molar refractivity (Wildman–Crippen MR) is 58.0 cm³/mol. The van der Waals surface area contributed by atoms with E-state index in [1.54, 1.807) is 26.3 Å². The second-order valence-electron chi connectivity index (χ2n) is 3.52. The Morgan fingerprint density at radius 3 is 3.00 bits per heavy atom. The lowest BCUT2D eigenvalue weighted by molar-refractivity contribution is 0.157. The Bertz CT molecular complexity index is 380. The number of aliphatic hydroxyl groups is 1. The minimum Gasteiger partial charge on any atom is -0.497 e. The third-order valence-electron chi connectivity index (χ3n) is 2.47. The zero-order valence-corrected chi connectivity index (χ0v) is 9.32. The molecule has 5 heteroatoms. The summed E-state index contributed by atoms with van der Waals surface area (Å²) >= 11 is 0. The van der Waals surface area contributed by atoms with E-state index in [0.29, 0.717) is 29.4 Å². The largest absolute Gasteiger partial charge is 0.497 e. The summed E-state index contributed by atoms with van der Waals surface area (Å²) in [5.41, 5.74) is 0.682. The molecule has 0 saturated carbocycles. The third kappa shape index (κ3) is 1.91. The second-order valence-corrected chi connectivity index (χ2v) is 3.52. The Morgan fingerprint density at radius 2 is 2.31 bits per heavy atom. The van der Waals surface area contributed by atoms with Crippen LogP contribution >= 0.6 is 0 Å². The number of hydrogen-bond donors (Lipinski definition) is 2. The molecule has 0 aliphatic carbocycles. The van der Waals surface area contributed by atoms with Crippen molar-refractivity contribution in [3.8, 4) is 17.2 Å². The van der Waals surface area contributed by atoms with Crippen molar-refractivity contribution in [1.29, 1.82) is 0 Å². The van der Waals surface area contributed by atoms with E-state index in [2.05, 4.69) is 5.32 Å². The van der Waals surface area contributed by atoms with Crippen LogP contribution in [0.1, 0.15) is 11.7 Å². The summed E-state index contributed by atoms with van der Waals surface area (Å²) in [5.74, 6) is 1.86. The summed E-state index contributed by atoms with van der Waals surface area (Å²) in [6.45, 7) is 0.630. The van der Waals surface area contributed by atoms with Crippen molar-refractivity contribution in [2.75, 3.05) is 27.5 Å². The molecule has 1 aliphatic heterocycles. The summed E-state index contributed by atoms with van der Waals surface area (Å²) in [7, 11) is 3.35. The minimum absolute atomic E-state index is 0.182. The minimum atomic E-state index is -0.643. The molecule has 16 heavy (non-hydrogen) atoms. The first-order valence-electron chi connectivity index (χ1n) is 5.06. The molecule has 1 atom stereocenters. The molecular weight excluding hydrogens is 210 g/mol. The molecule has 2 rings (SSSR count). The van der Waals surface area contributed by atoms with Gasteiger partial charge in [-0.2, -0.15) is 0 Å². The van der Waals surface area contributed by atoms with Gasteiger partial charge >= 0.3 is 0 Å². The van der Waals surface area contributed by atoms with Gasteiger partial charge in [0.05, 0.1) is 13.2 Å². The Kier molecular flexibility index (Phi) is 3.17. The normalized spacial score (nSPS) is 14.9. The smallest absolute Gasteiger partial charge is 0.231 e. The second kappa shape index (κ2) is 4.59. The summed E-state index contributed by atoms with van der Waals surface area (Å²) in [4.78, 5) is 0. The van der Waals surface area contributed by atoms with Crippen molar-refractivity contribution >= 4 is 0 Å². The average Bonchev–Trinajstić information content (AvgIpc) is 2.75. The molecule has 1 aromatic rings. The van der Waals surface area contributed by atoms with E-state index in [1.165, 1.54) is 0 Å². The summed E-state index contributed by atoms with van der Waals surface area (Å²) in [5, 5.41) is 12.9. The molecule has 0 spiro atoms. The van der Waals surface area contributed by atoms with Crippen LogP contribution in [0.4, 0.5) is 0 Å². The molecule has 0 saturated heterocycles. The Hall–Kier alpha value is -1.46. The van der Waals surface area contributed by atoms with Crippen molar-refractivity contribution in [3.05, 3.63) is 17.7 Å². The van der Waals surface area contributed by atoms with Crippen LogP contribution < -0.4 is 19.5 Å². The van der Waals surface area contributed by atoms with E-state index in [9.17, 15) is 5.11 Å². The number of rotatable bonds is 4. The molecule has 1 heterocycles. The van der Waals surface area contributed by atoms with Gasteiger partial charge < -0.3 is 24.6 Å². The van der Waals surface area contributed by atoms with Crippen LogP contribution in [-0.2, 0) is 0 Å². The lowest BCUT2D eigenvalue weighted by atomic mass is 10.1. The van der Waals surface area contributed by atoms with Crippen molar-refractivity contribution < 1.29 is 19.3 Å². The molecule has 0 aromatic heterocycles. The Morgan fingerprint density at radius 1 is 1.50 bits per heavy atom. The van der Waals surface area contributed by atoms with Gasteiger partial charge in [-0.3, -0.25) is 0 Å². The van der Waals surface area contributed by atoms with Crippen molar-refractivity contribution in [2.45, 2.75) is 6.10 Å². The Labute approximate surface area is 93.9 Å². The molecule has 1 aliphatic rings. The van der Waals surface area contributed by atoms with E-state index in [1.807, 2.05) is 0 Å². The first-order valence-corrected chi connectivity index (χ1v) is 5.06. The highest BCUT2D eigenvalue weighted by atomic mass is 16.7. The quantitative estimate of drug-likeness (QED) is 0.789. The number of aliphatic hydroxyl groups excluding tert-OH is 1. The maximum absolute atomic E-state index is 9.95. The maximum Gasteiger partial charge on any atom is 0.231 e. The fraction of sp³-hybridized carbons (Fsp3) is 0.455. The van der Waals surface area contributed by atoms with Gasteiger partial charge in [-0.1, -0.05) is 0 Å². The molecule has 1 aromatic carbocycles. The van der Waals surface area contributed by atoms with Crippen molar-refractivity contribution in [2.24, 2.45) is 0 Å². The molecule has 0 radical (unpaired) electrons. The fourth-order valence-electron chi connectivity index (χ4n) is 1.68.